The molecule has 50 heavy (non-hydrogen) atoms. The number of aryl methyl sites for hydroxylation is 1. The lowest BCUT2D eigenvalue weighted by Crippen LogP contribution is -2.68. The summed E-state index contributed by atoms with van der Waals surface area (Å²) < 4.78 is 13.8. The molecule has 0 saturated heterocycles. The first kappa shape index (κ1) is 33.3. The van der Waals surface area contributed by atoms with Crippen LogP contribution < -0.4 is 9.47 Å². The molecule has 264 valence electrons. The number of fused-ring (bicyclic) bond motifs is 7. The van der Waals surface area contributed by atoms with Gasteiger partial charge in [-0.05, 0) is 115 Å². The molecule has 0 bridgehead atoms. The number of benzene rings is 2. The molecular weight excluding hydrogens is 628 g/mol. The second kappa shape index (κ2) is 11.1. The van der Waals surface area contributed by atoms with Crippen LogP contribution in [0.5, 0.6) is 23.0 Å². The fraction of sp³-hybridized carbons (Fsp3) is 0.535. The van der Waals surface area contributed by atoms with E-state index in [1.807, 2.05) is 0 Å². The van der Waals surface area contributed by atoms with Crippen molar-refractivity contribution in [1.29, 1.82) is 0 Å². The van der Waals surface area contributed by atoms with Crippen LogP contribution in [0.4, 0.5) is 0 Å². The molecule has 3 N–H and O–H groups in total. The number of aliphatic hydroxyl groups is 1. The molecule has 0 aromatic heterocycles. The highest BCUT2D eigenvalue weighted by Crippen LogP contribution is 2.68. The van der Waals surface area contributed by atoms with Gasteiger partial charge in [0.05, 0.1) is 17.2 Å². The molecule has 0 unspecified atom stereocenters. The van der Waals surface area contributed by atoms with Crippen molar-refractivity contribution in [2.45, 2.75) is 105 Å². The van der Waals surface area contributed by atoms with Crippen molar-refractivity contribution in [2.75, 3.05) is 0 Å². The minimum atomic E-state index is -1.05. The van der Waals surface area contributed by atoms with Crippen LogP contribution in [0.2, 0.25) is 0 Å². The number of carbonyl (C=O) groups excluding carboxylic acids is 2. The van der Waals surface area contributed by atoms with Crippen molar-refractivity contribution in [2.24, 2.45) is 40.4 Å². The van der Waals surface area contributed by atoms with Gasteiger partial charge in [0.25, 0.3) is 0 Å². The monoisotopic (exact) mass is 678 g/mol. The van der Waals surface area contributed by atoms with Gasteiger partial charge in [0.15, 0.2) is 29.0 Å². The summed E-state index contributed by atoms with van der Waals surface area (Å²) in [6, 6.07) is 4.55. The molecule has 2 aromatic carbocycles. The Balaban J connectivity index is 1.22. The van der Waals surface area contributed by atoms with Crippen molar-refractivity contribution in [1.82, 2.24) is 0 Å². The average Bonchev–Trinajstić information content (AvgIpc) is 3.42. The van der Waals surface area contributed by atoms with E-state index >= 15 is 0 Å². The van der Waals surface area contributed by atoms with Crippen LogP contribution in [0.3, 0.4) is 0 Å². The van der Waals surface area contributed by atoms with Gasteiger partial charge in [-0.25, -0.2) is 0 Å². The average molecular weight is 679 g/mol. The van der Waals surface area contributed by atoms with E-state index in [9.17, 15) is 24.9 Å². The lowest BCUT2D eigenvalue weighted by Gasteiger charge is -2.62. The highest BCUT2D eigenvalue weighted by Gasteiger charge is 2.67. The van der Waals surface area contributed by atoms with Crippen LogP contribution in [0.1, 0.15) is 117 Å². The Morgan fingerprint density at radius 3 is 2.42 bits per heavy atom. The maximum atomic E-state index is 13.8. The molecule has 9 atom stereocenters. The summed E-state index contributed by atoms with van der Waals surface area (Å²) in [5, 5.41) is 33.7. The van der Waals surface area contributed by atoms with Crippen LogP contribution in [-0.2, 0) is 0 Å². The minimum Gasteiger partial charge on any atom is -0.507 e. The largest absolute Gasteiger partial charge is 0.507 e. The second-order valence-electron chi connectivity index (χ2n) is 17.1. The molecule has 6 aliphatic rings. The Bertz CT molecular complexity index is 1930. The zero-order chi connectivity index (χ0) is 35.7. The Hall–Kier alpha value is -3.84. The Labute approximate surface area is 295 Å². The van der Waals surface area contributed by atoms with Gasteiger partial charge in [0.2, 0.25) is 11.5 Å². The SMILES string of the molecule is Cc1cc(O)c2c(c1)C(=O)c1cc3c(c(O)c1C2=O)O[C@]12C[C@@H](O)CC[C@]1(C)C1=CC[C@]4(C)[C@@H]([C@H](C)C=C[C@H](C)C(C)C)CC[C@H]4C1=C[C@@H]2O3. The molecule has 5 aliphatic carbocycles. The topological polar surface area (TPSA) is 113 Å². The smallest absolute Gasteiger partial charge is 0.204 e. The Morgan fingerprint density at radius 1 is 0.940 bits per heavy atom. The molecular formula is C43H50O7. The number of phenolic OH excluding ortho intramolecular Hbond substituents is 2. The third-order valence-electron chi connectivity index (χ3n) is 14.0. The lowest BCUT2D eigenvalue weighted by molar-refractivity contribution is -0.164. The Kier molecular flexibility index (Phi) is 7.38. The van der Waals surface area contributed by atoms with Crippen LogP contribution in [-0.4, -0.2) is 44.7 Å². The van der Waals surface area contributed by atoms with Gasteiger partial charge < -0.3 is 24.8 Å². The zero-order valence-corrected chi connectivity index (χ0v) is 30.3. The first-order valence-electron chi connectivity index (χ1n) is 18.6. The summed E-state index contributed by atoms with van der Waals surface area (Å²) >= 11 is 0. The zero-order valence-electron chi connectivity index (χ0n) is 30.3. The fourth-order valence-electron chi connectivity index (χ4n) is 10.8. The van der Waals surface area contributed by atoms with Gasteiger partial charge in [-0.2, -0.15) is 0 Å². The number of aliphatic hydroxyl groups excluding tert-OH is 1. The lowest BCUT2D eigenvalue weighted by atomic mass is 9.49. The van der Waals surface area contributed by atoms with E-state index in [1.54, 1.807) is 13.0 Å². The third-order valence-corrected chi connectivity index (χ3v) is 14.0. The molecule has 2 saturated carbocycles. The molecule has 7 heteroatoms. The highest BCUT2D eigenvalue weighted by molar-refractivity contribution is 6.30. The van der Waals surface area contributed by atoms with E-state index in [0.717, 1.165) is 19.3 Å². The molecule has 7 nitrogen and oxygen atoms in total. The van der Waals surface area contributed by atoms with Crippen LogP contribution in [0, 0.1) is 47.3 Å². The first-order valence-corrected chi connectivity index (χ1v) is 18.6. The van der Waals surface area contributed by atoms with Gasteiger partial charge in [0, 0.05) is 23.0 Å². The van der Waals surface area contributed by atoms with Crippen molar-refractivity contribution in [3.63, 3.8) is 0 Å². The number of hydrogen-bond donors (Lipinski definition) is 3. The Morgan fingerprint density at radius 2 is 1.68 bits per heavy atom. The van der Waals surface area contributed by atoms with Gasteiger partial charge >= 0.3 is 0 Å². The normalized spacial score (nSPS) is 34.9. The van der Waals surface area contributed by atoms with Crippen LogP contribution in [0.25, 0.3) is 0 Å². The number of phenols is 2. The quantitative estimate of drug-likeness (QED) is 0.238. The molecule has 0 amide bonds. The number of rotatable bonds is 4. The van der Waals surface area contributed by atoms with E-state index in [4.69, 9.17) is 9.47 Å². The fourth-order valence-corrected chi connectivity index (χ4v) is 10.8. The summed E-state index contributed by atoms with van der Waals surface area (Å²) in [6.45, 7) is 15.6. The number of hydrogen-bond acceptors (Lipinski definition) is 7. The van der Waals surface area contributed by atoms with Gasteiger partial charge in [-0.3, -0.25) is 9.59 Å². The van der Waals surface area contributed by atoms with Crippen LogP contribution >= 0.6 is 0 Å². The number of ketones is 2. The number of allylic oxidation sites excluding steroid dienone is 4. The van der Waals surface area contributed by atoms with Crippen molar-refractivity contribution < 1.29 is 34.4 Å². The van der Waals surface area contributed by atoms with Crippen molar-refractivity contribution >= 4 is 11.6 Å². The number of ether oxygens (including phenoxy) is 2. The van der Waals surface area contributed by atoms with E-state index in [0.29, 0.717) is 54.4 Å². The predicted molar refractivity (Wildman–Crippen MR) is 191 cm³/mol. The first-order chi connectivity index (χ1) is 23.6. The van der Waals surface area contributed by atoms with Gasteiger partial charge in [-0.15, -0.1) is 0 Å². The van der Waals surface area contributed by atoms with E-state index in [1.165, 1.54) is 23.3 Å². The maximum Gasteiger partial charge on any atom is 0.204 e. The summed E-state index contributed by atoms with van der Waals surface area (Å²) in [6.07, 6.45) is 13.1. The maximum absolute atomic E-state index is 13.8. The molecule has 0 radical (unpaired) electrons. The standard InChI is InChI=1S/C43H50O7/c1-21(2)23(4)8-9-24(5)29-10-11-30-26-19-34-43(20-25(44)12-15-42(43,7)31(26)13-14-41(29,30)6)50-40-33(49-34)18-28-36(39(40)48)38(47)35-27(37(28)46)16-22(3)17-32(35)45/h8-9,13,16-19,21,23-25,29-30,34,44-45,48H,10-12,14-15,20H2,1-7H3/t23-,24+,25-,29+,30-,34-,41+,42+,43-/m0/s1. The molecule has 1 aliphatic heterocycles. The predicted octanol–water partition coefficient (Wildman–Crippen LogP) is 8.40. The van der Waals surface area contributed by atoms with E-state index in [-0.39, 0.29) is 44.9 Å². The summed E-state index contributed by atoms with van der Waals surface area (Å²) in [4.78, 5) is 27.7. The highest BCUT2D eigenvalue weighted by atomic mass is 16.6. The second-order valence-corrected chi connectivity index (χ2v) is 17.1. The number of aromatic hydroxyl groups is 2. The third kappa shape index (κ3) is 4.37. The van der Waals surface area contributed by atoms with Gasteiger partial charge in [0.1, 0.15) is 5.75 Å². The molecule has 8 rings (SSSR count). The van der Waals surface area contributed by atoms with Crippen molar-refractivity contribution in [3.05, 3.63) is 81.5 Å². The molecule has 2 fully saturated rings. The van der Waals surface area contributed by atoms with Crippen molar-refractivity contribution in [3.8, 4) is 23.0 Å². The van der Waals surface area contributed by atoms with Crippen LogP contribution in [0.15, 0.2) is 53.6 Å². The van der Waals surface area contributed by atoms with E-state index < -0.39 is 40.5 Å². The summed E-state index contributed by atoms with van der Waals surface area (Å²) in [5.41, 5.74) is 1.52. The molecule has 2 aromatic rings. The number of carbonyl (C=O) groups is 2. The summed E-state index contributed by atoms with van der Waals surface area (Å²) in [7, 11) is 0. The molecule has 1 heterocycles. The molecule has 1 spiro atoms. The van der Waals surface area contributed by atoms with E-state index in [2.05, 4.69) is 65.8 Å². The summed E-state index contributed by atoms with van der Waals surface area (Å²) in [5.74, 6) is 0.816. The van der Waals surface area contributed by atoms with Gasteiger partial charge in [-0.1, -0.05) is 59.8 Å². The minimum absolute atomic E-state index is 0.00629.